The van der Waals surface area contributed by atoms with Crippen molar-refractivity contribution in [2.75, 3.05) is 14.2 Å². The third kappa shape index (κ3) is 5.24. The van der Waals surface area contributed by atoms with E-state index < -0.39 is 5.91 Å². The van der Waals surface area contributed by atoms with Gasteiger partial charge in [-0.1, -0.05) is 26.0 Å². The Labute approximate surface area is 153 Å². The minimum absolute atomic E-state index is 0.314. The smallest absolute Gasteiger partial charge is 0.269 e. The number of hydrogen-bond donors (Lipinski definition) is 2. The highest BCUT2D eigenvalue weighted by molar-refractivity contribution is 5.99. The SMILES string of the molecule is COc1cc(OC)cc(C(=O)NNC(=O)c2ccc(CC(C)C)cc2)c1. The summed E-state index contributed by atoms with van der Waals surface area (Å²) in [5.74, 6) is 0.674. The van der Waals surface area contributed by atoms with E-state index in [9.17, 15) is 9.59 Å². The second-order valence-corrected chi connectivity index (χ2v) is 6.30. The Morgan fingerprint density at radius 1 is 0.846 bits per heavy atom. The van der Waals surface area contributed by atoms with E-state index in [-0.39, 0.29) is 5.91 Å². The third-order valence-corrected chi connectivity index (χ3v) is 3.76. The van der Waals surface area contributed by atoms with Crippen LogP contribution < -0.4 is 20.3 Å². The molecule has 0 unspecified atom stereocenters. The molecule has 2 amide bonds. The Kier molecular flexibility index (Phi) is 6.60. The molecule has 0 radical (unpaired) electrons. The number of benzene rings is 2. The minimum Gasteiger partial charge on any atom is -0.497 e. The molecule has 0 saturated heterocycles. The number of carbonyl (C=O) groups is 2. The fourth-order valence-corrected chi connectivity index (χ4v) is 2.46. The fourth-order valence-electron chi connectivity index (χ4n) is 2.46. The largest absolute Gasteiger partial charge is 0.497 e. The summed E-state index contributed by atoms with van der Waals surface area (Å²) in [5, 5.41) is 0. The first-order valence-corrected chi connectivity index (χ1v) is 8.35. The molecule has 0 aromatic heterocycles. The molecule has 0 bridgehead atoms. The zero-order valence-corrected chi connectivity index (χ0v) is 15.5. The van der Waals surface area contributed by atoms with Crippen LogP contribution in [0.3, 0.4) is 0 Å². The van der Waals surface area contributed by atoms with Crippen LogP contribution in [0.25, 0.3) is 0 Å². The average Bonchev–Trinajstić information content (AvgIpc) is 2.65. The van der Waals surface area contributed by atoms with Gasteiger partial charge in [0.1, 0.15) is 11.5 Å². The van der Waals surface area contributed by atoms with Gasteiger partial charge in [0.05, 0.1) is 14.2 Å². The predicted molar refractivity (Wildman–Crippen MR) is 99.5 cm³/mol. The summed E-state index contributed by atoms with van der Waals surface area (Å²) in [4.78, 5) is 24.4. The lowest BCUT2D eigenvalue weighted by molar-refractivity contribution is 0.0846. The van der Waals surface area contributed by atoms with E-state index in [1.807, 2.05) is 12.1 Å². The van der Waals surface area contributed by atoms with Crippen LogP contribution in [-0.2, 0) is 6.42 Å². The summed E-state index contributed by atoms with van der Waals surface area (Å²) in [5.41, 5.74) is 6.77. The first-order chi connectivity index (χ1) is 12.4. The monoisotopic (exact) mass is 356 g/mol. The summed E-state index contributed by atoms with van der Waals surface area (Å²) in [6, 6.07) is 12.1. The molecule has 0 spiro atoms. The third-order valence-electron chi connectivity index (χ3n) is 3.76. The van der Waals surface area contributed by atoms with Gasteiger partial charge in [-0.25, -0.2) is 0 Å². The minimum atomic E-state index is -0.466. The highest BCUT2D eigenvalue weighted by atomic mass is 16.5. The van der Waals surface area contributed by atoms with Gasteiger partial charge >= 0.3 is 0 Å². The van der Waals surface area contributed by atoms with Gasteiger partial charge in [0.2, 0.25) is 0 Å². The average molecular weight is 356 g/mol. The van der Waals surface area contributed by atoms with Crippen molar-refractivity contribution in [1.29, 1.82) is 0 Å². The second kappa shape index (κ2) is 8.89. The molecule has 0 heterocycles. The van der Waals surface area contributed by atoms with Crippen LogP contribution in [-0.4, -0.2) is 26.0 Å². The van der Waals surface area contributed by atoms with Crippen molar-refractivity contribution in [1.82, 2.24) is 10.9 Å². The van der Waals surface area contributed by atoms with Crippen molar-refractivity contribution in [3.8, 4) is 11.5 Å². The molecule has 6 heteroatoms. The lowest BCUT2D eigenvalue weighted by atomic mass is 10.0. The number of hydrogen-bond acceptors (Lipinski definition) is 4. The molecule has 26 heavy (non-hydrogen) atoms. The molecular formula is C20H24N2O4. The van der Waals surface area contributed by atoms with E-state index in [0.29, 0.717) is 28.5 Å². The number of hydrazine groups is 1. The van der Waals surface area contributed by atoms with E-state index in [0.717, 1.165) is 6.42 Å². The van der Waals surface area contributed by atoms with Gasteiger partial charge in [-0.2, -0.15) is 0 Å². The maximum absolute atomic E-state index is 12.3. The van der Waals surface area contributed by atoms with Crippen molar-refractivity contribution in [3.05, 3.63) is 59.2 Å². The summed E-state index contributed by atoms with van der Waals surface area (Å²) in [6.45, 7) is 4.29. The Bertz CT molecular complexity index is 748. The second-order valence-electron chi connectivity index (χ2n) is 6.30. The topological polar surface area (TPSA) is 76.7 Å². The summed E-state index contributed by atoms with van der Waals surface area (Å²) in [6.07, 6.45) is 0.955. The number of nitrogens with one attached hydrogen (secondary N) is 2. The molecule has 0 fully saturated rings. The number of ether oxygens (including phenoxy) is 2. The fraction of sp³-hybridized carbons (Fsp3) is 0.300. The molecule has 0 aliphatic rings. The van der Waals surface area contributed by atoms with Crippen molar-refractivity contribution >= 4 is 11.8 Å². The standard InChI is InChI=1S/C20H24N2O4/c1-13(2)9-14-5-7-15(8-6-14)19(23)21-22-20(24)16-10-17(25-3)12-18(11-16)26-4/h5-8,10-13H,9H2,1-4H3,(H,21,23)(H,22,24). The maximum Gasteiger partial charge on any atom is 0.269 e. The zero-order valence-electron chi connectivity index (χ0n) is 15.5. The van der Waals surface area contributed by atoms with E-state index in [4.69, 9.17) is 9.47 Å². The number of methoxy groups -OCH3 is 2. The van der Waals surface area contributed by atoms with Crippen LogP contribution in [0.1, 0.15) is 40.1 Å². The molecule has 0 aliphatic heterocycles. The molecule has 6 nitrogen and oxygen atoms in total. The molecule has 2 rings (SSSR count). The first-order valence-electron chi connectivity index (χ1n) is 8.35. The Morgan fingerprint density at radius 2 is 1.35 bits per heavy atom. The van der Waals surface area contributed by atoms with Crippen molar-refractivity contribution in [3.63, 3.8) is 0 Å². The highest BCUT2D eigenvalue weighted by Gasteiger charge is 2.12. The van der Waals surface area contributed by atoms with Gasteiger partial charge in [0.15, 0.2) is 0 Å². The van der Waals surface area contributed by atoms with Crippen LogP contribution in [0, 0.1) is 5.92 Å². The molecular weight excluding hydrogens is 332 g/mol. The lowest BCUT2D eigenvalue weighted by Gasteiger charge is -2.11. The molecule has 0 atom stereocenters. The van der Waals surface area contributed by atoms with E-state index in [1.165, 1.54) is 19.8 Å². The van der Waals surface area contributed by atoms with E-state index >= 15 is 0 Å². The van der Waals surface area contributed by atoms with E-state index in [1.54, 1.807) is 30.3 Å². The summed E-state index contributed by atoms with van der Waals surface area (Å²) in [7, 11) is 3.00. The Balaban J connectivity index is 1.99. The van der Waals surface area contributed by atoms with Crippen LogP contribution >= 0.6 is 0 Å². The van der Waals surface area contributed by atoms with Gasteiger partial charge in [-0.3, -0.25) is 20.4 Å². The molecule has 2 aromatic rings. The zero-order chi connectivity index (χ0) is 19.1. The molecule has 2 aromatic carbocycles. The van der Waals surface area contributed by atoms with Crippen LogP contribution in [0.2, 0.25) is 0 Å². The first kappa shape index (κ1) is 19.3. The van der Waals surface area contributed by atoms with Crippen LogP contribution in [0.5, 0.6) is 11.5 Å². The number of amides is 2. The highest BCUT2D eigenvalue weighted by Crippen LogP contribution is 2.22. The number of carbonyl (C=O) groups excluding carboxylic acids is 2. The summed E-state index contributed by atoms with van der Waals surface area (Å²) < 4.78 is 10.3. The predicted octanol–water partition coefficient (Wildman–Crippen LogP) is 2.98. The van der Waals surface area contributed by atoms with Crippen molar-refractivity contribution < 1.29 is 19.1 Å². The van der Waals surface area contributed by atoms with Gasteiger partial charge in [0, 0.05) is 17.2 Å². The van der Waals surface area contributed by atoms with E-state index in [2.05, 4.69) is 24.7 Å². The van der Waals surface area contributed by atoms with Gasteiger partial charge in [-0.05, 0) is 42.2 Å². The Hall–Kier alpha value is -3.02. The van der Waals surface area contributed by atoms with Gasteiger partial charge in [-0.15, -0.1) is 0 Å². The molecule has 0 aliphatic carbocycles. The van der Waals surface area contributed by atoms with Crippen LogP contribution in [0.15, 0.2) is 42.5 Å². The molecule has 0 saturated carbocycles. The quantitative estimate of drug-likeness (QED) is 0.780. The van der Waals surface area contributed by atoms with Gasteiger partial charge < -0.3 is 9.47 Å². The lowest BCUT2D eigenvalue weighted by Crippen LogP contribution is -2.41. The van der Waals surface area contributed by atoms with Crippen LogP contribution in [0.4, 0.5) is 0 Å². The maximum atomic E-state index is 12.3. The van der Waals surface area contributed by atoms with Crippen molar-refractivity contribution in [2.24, 2.45) is 5.92 Å². The normalized spacial score (nSPS) is 10.3. The summed E-state index contributed by atoms with van der Waals surface area (Å²) >= 11 is 0. The molecule has 138 valence electrons. The Morgan fingerprint density at radius 3 is 1.81 bits per heavy atom. The van der Waals surface area contributed by atoms with Gasteiger partial charge in [0.25, 0.3) is 11.8 Å². The number of rotatable bonds is 6. The van der Waals surface area contributed by atoms with Crippen molar-refractivity contribution in [2.45, 2.75) is 20.3 Å². The molecule has 2 N–H and O–H groups in total.